The highest BCUT2D eigenvalue weighted by Gasteiger charge is 2.50. The molecular weight excluding hydrogens is 460 g/mol. The van der Waals surface area contributed by atoms with E-state index in [4.69, 9.17) is 28.8 Å². The molecule has 1 rings (SSSR count). The first-order valence-electron chi connectivity index (χ1n) is 11.5. The lowest BCUT2D eigenvalue weighted by molar-refractivity contribution is -0.305. The molecule has 1 aliphatic rings. The molecule has 198 valence electrons. The molecule has 0 aromatic carbocycles. The highest BCUT2D eigenvalue weighted by Crippen LogP contribution is 2.28. The van der Waals surface area contributed by atoms with Gasteiger partial charge in [0.05, 0.1) is 13.2 Å². The predicted molar refractivity (Wildman–Crippen MR) is 126 cm³/mol. The van der Waals surface area contributed by atoms with E-state index in [-0.39, 0.29) is 19.8 Å². The van der Waals surface area contributed by atoms with Crippen LogP contribution in [-0.4, -0.2) is 78.6 Å². The first-order valence-corrected chi connectivity index (χ1v) is 11.5. The van der Waals surface area contributed by atoms with Gasteiger partial charge < -0.3 is 33.9 Å². The third-order valence-corrected chi connectivity index (χ3v) is 5.34. The SMILES string of the molecule is C=C(CCC=C(C)CO)CCOC1OC(COC(C)=O)C(OC(C)=O)C(OC(=O)C(C)=CC)C1O. The third kappa shape index (κ3) is 10.7. The number of allylic oxidation sites excluding steroid dienone is 2. The molecule has 1 aliphatic heterocycles. The van der Waals surface area contributed by atoms with Gasteiger partial charge in [0.25, 0.3) is 0 Å². The van der Waals surface area contributed by atoms with E-state index in [9.17, 15) is 19.5 Å². The third-order valence-electron chi connectivity index (χ3n) is 5.34. The average Bonchev–Trinajstić information content (AvgIpc) is 2.80. The number of ether oxygens (including phenoxy) is 5. The summed E-state index contributed by atoms with van der Waals surface area (Å²) in [5.74, 6) is -1.98. The van der Waals surface area contributed by atoms with Crippen LogP contribution < -0.4 is 0 Å². The quantitative estimate of drug-likeness (QED) is 0.168. The van der Waals surface area contributed by atoms with Crippen molar-refractivity contribution in [2.75, 3.05) is 19.8 Å². The van der Waals surface area contributed by atoms with Crippen molar-refractivity contribution in [3.63, 3.8) is 0 Å². The van der Waals surface area contributed by atoms with Gasteiger partial charge in [-0.25, -0.2) is 4.79 Å². The minimum atomic E-state index is -1.48. The maximum absolute atomic E-state index is 12.4. The molecule has 0 aromatic rings. The van der Waals surface area contributed by atoms with Gasteiger partial charge in [-0.3, -0.25) is 9.59 Å². The Balaban J connectivity index is 2.95. The van der Waals surface area contributed by atoms with E-state index < -0.39 is 48.6 Å². The minimum absolute atomic E-state index is 0.00858. The van der Waals surface area contributed by atoms with Gasteiger partial charge in [-0.2, -0.15) is 0 Å². The summed E-state index contributed by atoms with van der Waals surface area (Å²) in [6.07, 6.45) is -0.950. The van der Waals surface area contributed by atoms with Gasteiger partial charge in [0.1, 0.15) is 18.8 Å². The van der Waals surface area contributed by atoms with Crippen LogP contribution in [0.5, 0.6) is 0 Å². The number of hydrogen-bond donors (Lipinski definition) is 2. The molecule has 0 bridgehead atoms. The number of rotatable bonds is 13. The van der Waals surface area contributed by atoms with Gasteiger partial charge >= 0.3 is 17.9 Å². The molecular formula is C25H38O10. The molecule has 0 aromatic heterocycles. The van der Waals surface area contributed by atoms with E-state index in [1.54, 1.807) is 19.9 Å². The van der Waals surface area contributed by atoms with Crippen molar-refractivity contribution in [1.82, 2.24) is 0 Å². The lowest BCUT2D eigenvalue weighted by Crippen LogP contribution is -2.62. The molecule has 2 N–H and O–H groups in total. The van der Waals surface area contributed by atoms with Gasteiger partial charge in [-0.05, 0) is 40.0 Å². The second-order valence-electron chi connectivity index (χ2n) is 8.37. The van der Waals surface area contributed by atoms with E-state index in [2.05, 4.69) is 6.58 Å². The Bertz CT molecular complexity index is 800. The fourth-order valence-corrected chi connectivity index (χ4v) is 3.20. The van der Waals surface area contributed by atoms with Crippen LogP contribution in [0, 0.1) is 0 Å². The van der Waals surface area contributed by atoms with Crippen LogP contribution in [0.1, 0.15) is 53.9 Å². The van der Waals surface area contributed by atoms with Crippen LogP contribution in [0.4, 0.5) is 0 Å². The zero-order valence-electron chi connectivity index (χ0n) is 21.2. The van der Waals surface area contributed by atoms with Crippen LogP contribution in [0.3, 0.4) is 0 Å². The lowest BCUT2D eigenvalue weighted by Gasteiger charge is -2.43. The van der Waals surface area contributed by atoms with Crippen molar-refractivity contribution in [3.05, 3.63) is 35.5 Å². The summed E-state index contributed by atoms with van der Waals surface area (Å²) in [6.45, 7) is 11.3. The molecule has 35 heavy (non-hydrogen) atoms. The molecule has 0 amide bonds. The Hall–Kier alpha value is -2.53. The van der Waals surface area contributed by atoms with Crippen molar-refractivity contribution in [2.45, 2.75) is 84.6 Å². The van der Waals surface area contributed by atoms with Crippen LogP contribution in [0.2, 0.25) is 0 Å². The van der Waals surface area contributed by atoms with E-state index >= 15 is 0 Å². The zero-order valence-corrected chi connectivity index (χ0v) is 21.2. The number of hydrogen-bond acceptors (Lipinski definition) is 10. The molecule has 0 aliphatic carbocycles. The highest BCUT2D eigenvalue weighted by molar-refractivity contribution is 5.87. The summed E-state index contributed by atoms with van der Waals surface area (Å²) in [5.41, 5.74) is 2.07. The summed E-state index contributed by atoms with van der Waals surface area (Å²) in [6, 6.07) is 0. The Labute approximate surface area is 206 Å². The maximum Gasteiger partial charge on any atom is 0.333 e. The van der Waals surface area contributed by atoms with E-state index in [1.807, 2.05) is 13.0 Å². The van der Waals surface area contributed by atoms with E-state index in [0.29, 0.717) is 18.4 Å². The molecule has 0 spiro atoms. The van der Waals surface area contributed by atoms with Crippen LogP contribution in [0.15, 0.2) is 35.5 Å². The Morgan fingerprint density at radius 1 is 1.03 bits per heavy atom. The average molecular weight is 499 g/mol. The molecule has 1 heterocycles. The molecule has 10 heteroatoms. The molecule has 5 unspecified atom stereocenters. The van der Waals surface area contributed by atoms with E-state index in [1.165, 1.54) is 6.92 Å². The van der Waals surface area contributed by atoms with Gasteiger partial charge in [-0.15, -0.1) is 0 Å². The topological polar surface area (TPSA) is 138 Å². The second kappa shape index (κ2) is 15.5. The first-order chi connectivity index (χ1) is 16.5. The summed E-state index contributed by atoms with van der Waals surface area (Å²) < 4.78 is 27.3. The fourth-order valence-electron chi connectivity index (χ4n) is 3.20. The van der Waals surface area contributed by atoms with Gasteiger partial charge in [0.2, 0.25) is 0 Å². The van der Waals surface area contributed by atoms with Crippen LogP contribution >= 0.6 is 0 Å². The summed E-state index contributed by atoms with van der Waals surface area (Å²) in [5, 5.41) is 20.0. The van der Waals surface area contributed by atoms with Crippen molar-refractivity contribution in [2.24, 2.45) is 0 Å². The van der Waals surface area contributed by atoms with Gasteiger partial charge in [0, 0.05) is 19.4 Å². The Morgan fingerprint density at radius 2 is 1.71 bits per heavy atom. The summed E-state index contributed by atoms with van der Waals surface area (Å²) in [4.78, 5) is 35.5. The Morgan fingerprint density at radius 3 is 2.29 bits per heavy atom. The standard InChI is InChI=1S/C25H38O10/c1-7-17(4)24(30)35-23-21(29)25(31-12-11-15(2)9-8-10-16(3)13-26)34-20(14-32-18(5)27)22(23)33-19(6)28/h7,10,20-23,25-26,29H,2,8-9,11-14H2,1,3-6H3. The zero-order chi connectivity index (χ0) is 26.5. The molecule has 0 radical (unpaired) electrons. The van der Waals surface area contributed by atoms with Crippen molar-refractivity contribution >= 4 is 17.9 Å². The second-order valence-corrected chi connectivity index (χ2v) is 8.37. The Kier molecular flexibility index (Phi) is 13.5. The van der Waals surface area contributed by atoms with Crippen molar-refractivity contribution in [3.8, 4) is 0 Å². The molecule has 1 saturated heterocycles. The minimum Gasteiger partial charge on any atom is -0.463 e. The van der Waals surface area contributed by atoms with Crippen LogP contribution in [-0.2, 0) is 38.1 Å². The molecule has 5 atom stereocenters. The predicted octanol–water partition coefficient (Wildman–Crippen LogP) is 2.13. The maximum atomic E-state index is 12.4. The van der Waals surface area contributed by atoms with E-state index in [0.717, 1.165) is 24.5 Å². The number of esters is 3. The fraction of sp³-hybridized carbons (Fsp3) is 0.640. The number of aliphatic hydroxyl groups is 2. The number of aliphatic hydroxyl groups excluding tert-OH is 2. The monoisotopic (exact) mass is 498 g/mol. The lowest BCUT2D eigenvalue weighted by atomic mass is 9.98. The summed E-state index contributed by atoms with van der Waals surface area (Å²) >= 11 is 0. The largest absolute Gasteiger partial charge is 0.463 e. The van der Waals surface area contributed by atoms with Crippen molar-refractivity contribution in [1.29, 1.82) is 0 Å². The molecule has 0 saturated carbocycles. The van der Waals surface area contributed by atoms with Gasteiger partial charge in [0.15, 0.2) is 18.5 Å². The first kappa shape index (κ1) is 30.5. The summed E-state index contributed by atoms with van der Waals surface area (Å²) in [7, 11) is 0. The number of carbonyl (C=O) groups is 3. The van der Waals surface area contributed by atoms with Crippen molar-refractivity contribution < 1.29 is 48.3 Å². The molecule has 10 nitrogen and oxygen atoms in total. The number of carbonyl (C=O) groups excluding carboxylic acids is 3. The highest BCUT2D eigenvalue weighted by atomic mass is 16.7. The smallest absolute Gasteiger partial charge is 0.333 e. The normalized spacial score (nSPS) is 25.1. The van der Waals surface area contributed by atoms with Crippen LogP contribution in [0.25, 0.3) is 0 Å². The molecule has 1 fully saturated rings. The van der Waals surface area contributed by atoms with Gasteiger partial charge in [-0.1, -0.05) is 29.9 Å².